The van der Waals surface area contributed by atoms with E-state index in [1.54, 1.807) is 18.2 Å². The molecule has 0 aliphatic heterocycles. The summed E-state index contributed by atoms with van der Waals surface area (Å²) < 4.78 is 0. The van der Waals surface area contributed by atoms with Crippen LogP contribution in [0.1, 0.15) is 46.4 Å². The zero-order valence-corrected chi connectivity index (χ0v) is 19.7. The van der Waals surface area contributed by atoms with Crippen molar-refractivity contribution in [2.24, 2.45) is 0 Å². The lowest BCUT2D eigenvalue weighted by Gasteiger charge is -2.30. The number of hydrogen-bond donors (Lipinski definition) is 2. The highest BCUT2D eigenvalue weighted by molar-refractivity contribution is 6.44. The van der Waals surface area contributed by atoms with Crippen LogP contribution in [-0.4, -0.2) is 42.1 Å². The summed E-state index contributed by atoms with van der Waals surface area (Å²) in [5.74, 6) is 1.46. The normalized spacial score (nSPS) is 18.5. The van der Waals surface area contributed by atoms with Gasteiger partial charge in [-0.05, 0) is 55.5 Å². The van der Waals surface area contributed by atoms with E-state index in [1.165, 1.54) is 0 Å². The van der Waals surface area contributed by atoms with Crippen molar-refractivity contribution in [3.8, 4) is 0 Å². The summed E-state index contributed by atoms with van der Waals surface area (Å²) in [5.41, 5.74) is 2.23. The number of carbonyl (C=O) groups is 1. The molecule has 1 aliphatic rings. The first-order valence-corrected chi connectivity index (χ1v) is 11.7. The van der Waals surface area contributed by atoms with Crippen LogP contribution < -0.4 is 15.5 Å². The van der Waals surface area contributed by atoms with E-state index >= 15 is 0 Å². The lowest BCUT2D eigenvalue weighted by molar-refractivity contribution is 0.0926. The third-order valence-electron chi connectivity index (χ3n) is 5.80. The maximum absolute atomic E-state index is 12.6. The van der Waals surface area contributed by atoms with Crippen LogP contribution in [0, 0.1) is 0 Å². The van der Waals surface area contributed by atoms with Gasteiger partial charge in [-0.3, -0.25) is 4.79 Å². The molecule has 1 fully saturated rings. The third-order valence-corrected chi connectivity index (χ3v) is 6.31. The van der Waals surface area contributed by atoms with Crippen LogP contribution in [0.25, 0.3) is 10.9 Å². The van der Waals surface area contributed by atoms with Gasteiger partial charge in [-0.15, -0.1) is 23.2 Å². The number of anilines is 2. The van der Waals surface area contributed by atoms with Gasteiger partial charge in [0.05, 0.1) is 5.52 Å². The number of alkyl halides is 2. The highest BCUT2D eigenvalue weighted by Gasteiger charge is 2.24. The lowest BCUT2D eigenvalue weighted by Crippen LogP contribution is -2.40. The van der Waals surface area contributed by atoms with Crippen molar-refractivity contribution in [1.82, 2.24) is 15.3 Å². The Kier molecular flexibility index (Phi) is 7.01. The number of hydrogen-bond acceptors (Lipinski definition) is 5. The number of nitrogens with one attached hydrogen (secondary N) is 2. The smallest absolute Gasteiger partial charge is 0.251 e. The first-order chi connectivity index (χ1) is 15.4. The molecule has 4 rings (SSSR count). The summed E-state index contributed by atoms with van der Waals surface area (Å²) in [7, 11) is 3.98. The molecular weight excluding hydrogens is 445 g/mol. The highest BCUT2D eigenvalue weighted by Crippen LogP contribution is 2.27. The molecule has 8 heteroatoms. The van der Waals surface area contributed by atoms with Gasteiger partial charge in [0.1, 0.15) is 10.7 Å². The zero-order valence-electron chi connectivity index (χ0n) is 18.2. The number of rotatable bonds is 6. The molecule has 0 bridgehead atoms. The van der Waals surface area contributed by atoms with Gasteiger partial charge in [0, 0.05) is 37.1 Å². The van der Waals surface area contributed by atoms with E-state index < -0.39 is 4.84 Å². The van der Waals surface area contributed by atoms with Crippen LogP contribution in [0.3, 0.4) is 0 Å². The number of para-hydroxylation sites is 1. The van der Waals surface area contributed by atoms with Crippen molar-refractivity contribution in [1.29, 1.82) is 0 Å². The Morgan fingerprint density at radius 3 is 2.44 bits per heavy atom. The lowest BCUT2D eigenvalue weighted by atomic mass is 9.91. The second-order valence-corrected chi connectivity index (χ2v) is 9.47. The summed E-state index contributed by atoms with van der Waals surface area (Å²) in [6.07, 6.45) is 3.66. The van der Waals surface area contributed by atoms with Crippen LogP contribution >= 0.6 is 23.2 Å². The second kappa shape index (κ2) is 9.92. The van der Waals surface area contributed by atoms with Gasteiger partial charge in [-0.2, -0.15) is 4.98 Å². The number of aromatic nitrogens is 2. The van der Waals surface area contributed by atoms with E-state index in [1.807, 2.05) is 49.3 Å². The molecule has 1 aromatic heterocycles. The zero-order chi connectivity index (χ0) is 22.7. The van der Waals surface area contributed by atoms with E-state index in [0.29, 0.717) is 11.5 Å². The molecule has 168 valence electrons. The quantitative estimate of drug-likeness (QED) is 0.475. The Labute approximate surface area is 198 Å². The largest absolute Gasteiger partial charge is 0.362 e. The molecule has 3 aromatic rings. The number of carbonyl (C=O) groups excluding carboxylic acids is 1. The van der Waals surface area contributed by atoms with Crippen LogP contribution in [0.4, 0.5) is 11.8 Å². The van der Waals surface area contributed by atoms with Crippen molar-refractivity contribution in [2.75, 3.05) is 24.3 Å². The Morgan fingerprint density at radius 1 is 1.00 bits per heavy atom. The predicted octanol–water partition coefficient (Wildman–Crippen LogP) is 5.33. The molecule has 2 N–H and O–H groups in total. The summed E-state index contributed by atoms with van der Waals surface area (Å²) in [5, 5.41) is 7.68. The minimum atomic E-state index is -0.644. The van der Waals surface area contributed by atoms with Crippen molar-refractivity contribution < 1.29 is 4.79 Å². The SMILES string of the molecule is CN(C)c1nc(NC2CCC(NC(=O)c3cccc(C(Cl)Cl)c3)CC2)nc2ccccc12. The molecule has 1 amide bonds. The number of nitrogens with zero attached hydrogens (tertiary/aromatic N) is 3. The van der Waals surface area contributed by atoms with Crippen LogP contribution in [0.2, 0.25) is 0 Å². The fraction of sp³-hybridized carbons (Fsp3) is 0.375. The molecular formula is C24H27Cl2N5O. The fourth-order valence-electron chi connectivity index (χ4n) is 4.11. The molecule has 0 unspecified atom stereocenters. The first kappa shape index (κ1) is 22.6. The van der Waals surface area contributed by atoms with Gasteiger partial charge >= 0.3 is 0 Å². The minimum absolute atomic E-state index is 0.0919. The fourth-order valence-corrected chi connectivity index (χ4v) is 4.39. The van der Waals surface area contributed by atoms with Crippen molar-refractivity contribution in [3.63, 3.8) is 0 Å². The maximum Gasteiger partial charge on any atom is 0.251 e. The summed E-state index contributed by atoms with van der Waals surface area (Å²) >= 11 is 11.9. The van der Waals surface area contributed by atoms with Crippen LogP contribution in [0.15, 0.2) is 48.5 Å². The molecule has 0 radical (unpaired) electrons. The third kappa shape index (κ3) is 5.25. The Balaban J connectivity index is 1.36. The van der Waals surface area contributed by atoms with Crippen LogP contribution in [-0.2, 0) is 0 Å². The van der Waals surface area contributed by atoms with Crippen LogP contribution in [0.5, 0.6) is 0 Å². The molecule has 0 spiro atoms. The molecule has 32 heavy (non-hydrogen) atoms. The van der Waals surface area contributed by atoms with Gasteiger partial charge in [-0.25, -0.2) is 4.98 Å². The van der Waals surface area contributed by atoms with E-state index in [9.17, 15) is 4.79 Å². The Hall–Kier alpha value is -2.57. The van der Waals surface area contributed by atoms with Gasteiger partial charge in [0.25, 0.3) is 5.91 Å². The van der Waals surface area contributed by atoms with Gasteiger partial charge in [-0.1, -0.05) is 24.3 Å². The van der Waals surface area contributed by atoms with Crippen molar-refractivity contribution in [2.45, 2.75) is 42.6 Å². The molecule has 1 heterocycles. The predicted molar refractivity (Wildman–Crippen MR) is 132 cm³/mol. The number of fused-ring (bicyclic) bond motifs is 1. The Morgan fingerprint density at radius 2 is 1.72 bits per heavy atom. The van der Waals surface area contributed by atoms with Gasteiger partial charge in [0.15, 0.2) is 0 Å². The standard InChI is InChI=1S/C24H27Cl2N5O/c1-31(2)22-19-8-3-4-9-20(19)29-24(30-22)28-18-12-10-17(11-13-18)27-23(32)16-7-5-6-15(14-16)21(25)26/h3-9,14,17-18,21H,10-13H2,1-2H3,(H,27,32)(H,28,29,30). The van der Waals surface area contributed by atoms with E-state index in [4.69, 9.17) is 33.2 Å². The molecule has 1 saturated carbocycles. The van der Waals surface area contributed by atoms with Gasteiger partial charge in [0.2, 0.25) is 5.95 Å². The number of halogens is 2. The number of amides is 1. The maximum atomic E-state index is 12.6. The van der Waals surface area contributed by atoms with E-state index in [2.05, 4.69) is 10.6 Å². The molecule has 0 atom stereocenters. The summed E-state index contributed by atoms with van der Waals surface area (Å²) in [6, 6.07) is 15.6. The second-order valence-electron chi connectivity index (χ2n) is 8.37. The summed E-state index contributed by atoms with van der Waals surface area (Å²) in [6.45, 7) is 0. The topological polar surface area (TPSA) is 70.2 Å². The first-order valence-electron chi connectivity index (χ1n) is 10.8. The number of benzene rings is 2. The molecule has 2 aromatic carbocycles. The summed E-state index contributed by atoms with van der Waals surface area (Å²) in [4.78, 5) is 23.4. The van der Waals surface area contributed by atoms with Crippen molar-refractivity contribution in [3.05, 3.63) is 59.7 Å². The molecule has 6 nitrogen and oxygen atoms in total. The Bertz CT molecular complexity index is 1100. The molecule has 0 saturated heterocycles. The molecule has 1 aliphatic carbocycles. The van der Waals surface area contributed by atoms with E-state index in [-0.39, 0.29) is 18.0 Å². The average molecular weight is 472 g/mol. The highest BCUT2D eigenvalue weighted by atomic mass is 35.5. The average Bonchev–Trinajstić information content (AvgIpc) is 2.79. The monoisotopic (exact) mass is 471 g/mol. The van der Waals surface area contributed by atoms with Gasteiger partial charge < -0.3 is 15.5 Å². The van der Waals surface area contributed by atoms with E-state index in [0.717, 1.165) is 48.0 Å². The minimum Gasteiger partial charge on any atom is -0.362 e. The van der Waals surface area contributed by atoms with Crippen molar-refractivity contribution >= 4 is 51.8 Å².